The van der Waals surface area contributed by atoms with E-state index in [1.54, 1.807) is 34.3 Å². The largest absolute Gasteiger partial charge is 0.497 e. The Labute approximate surface area is 856 Å². The summed E-state index contributed by atoms with van der Waals surface area (Å²) >= 11 is 0. The van der Waals surface area contributed by atoms with Crippen LogP contribution in [0.5, 0.6) is 17.2 Å². The first-order valence-electron chi connectivity index (χ1n) is 53.0. The van der Waals surface area contributed by atoms with Crippen LogP contribution < -0.4 is 14.2 Å². The van der Waals surface area contributed by atoms with Gasteiger partial charge in [-0.1, -0.05) is 502 Å². The molecule has 0 N–H and O–H groups in total. The molecule has 0 saturated heterocycles. The van der Waals surface area contributed by atoms with Crippen molar-refractivity contribution in [3.63, 3.8) is 0 Å². The monoisotopic (exact) mass is 1930 g/mol. The Morgan fingerprint density at radius 2 is 0.801 bits per heavy atom. The van der Waals surface area contributed by atoms with Gasteiger partial charge < -0.3 is 28.4 Å². The van der Waals surface area contributed by atoms with Crippen LogP contribution in [0.4, 0.5) is 13.2 Å². The van der Waals surface area contributed by atoms with Crippen LogP contribution in [-0.4, -0.2) is 66.0 Å². The van der Waals surface area contributed by atoms with Crippen molar-refractivity contribution < 1.29 is 46.4 Å². The maximum Gasteiger partial charge on any atom is 0.303 e. The third-order valence-corrected chi connectivity index (χ3v) is 18.6. The van der Waals surface area contributed by atoms with E-state index in [1.807, 2.05) is 110 Å². The van der Waals surface area contributed by atoms with Gasteiger partial charge in [0.15, 0.2) is 11.5 Å². The smallest absolute Gasteiger partial charge is 0.303 e. The summed E-state index contributed by atoms with van der Waals surface area (Å²) in [4.78, 5) is 10.2. The fourth-order valence-electron chi connectivity index (χ4n) is 9.17. The van der Waals surface area contributed by atoms with Gasteiger partial charge in [-0.25, -0.2) is 8.78 Å². The highest BCUT2D eigenvalue weighted by molar-refractivity contribution is 5.66. The first-order valence-corrected chi connectivity index (χ1v) is 53.0. The van der Waals surface area contributed by atoms with E-state index >= 15 is 0 Å². The van der Waals surface area contributed by atoms with Crippen molar-refractivity contribution in [1.29, 1.82) is 0 Å². The van der Waals surface area contributed by atoms with E-state index in [1.165, 1.54) is 212 Å². The Bertz CT molecular complexity index is 2790. The molecule has 4 aliphatic carbocycles. The van der Waals surface area contributed by atoms with Crippen molar-refractivity contribution in [3.05, 3.63) is 185 Å². The SMILES string of the molecule is C.C.C.C=CC.C=CCC.CC.CC(=O)OC(C)(C)C.CC(C)C.CC(F)F.CC1CCC1.CC1CCCC1.CCC.CCC(C)C.CCC(C)C.CCC1CC1.CCC1CCCC1.CCCC.CCCC(C)C.CCCCC.CCCF.CCCOC.CCOC.CCc1ccccc1.COc1ccc(C)cc1.Cc1ccc(C)c(C)c1.Cc1ccc(C)cc1.Cc1ccc2c(c1)OCO2. The molecular weight excluding hydrogens is 1680 g/mol. The topological polar surface area (TPSA) is 72.5 Å². The minimum absolute atomic E-state index is 0. The quantitative estimate of drug-likeness (QED) is 0.0720. The maximum absolute atomic E-state index is 10.7. The van der Waals surface area contributed by atoms with Gasteiger partial charge in [0.25, 0.3) is 0 Å². The number of methoxy groups -OCH3 is 3. The van der Waals surface area contributed by atoms with E-state index < -0.39 is 6.43 Å². The Balaban J connectivity index is -0.0000000730. The average molecular weight is 1930 g/mol. The summed E-state index contributed by atoms with van der Waals surface area (Å²) < 4.78 is 60.7. The Hall–Kier alpha value is -5.84. The second kappa shape index (κ2) is 140. The fourth-order valence-corrected chi connectivity index (χ4v) is 9.17. The van der Waals surface area contributed by atoms with Gasteiger partial charge in [0.2, 0.25) is 13.2 Å². The van der Waals surface area contributed by atoms with E-state index in [4.69, 9.17) is 23.7 Å². The highest BCUT2D eigenvalue weighted by Crippen LogP contribution is 2.33. The van der Waals surface area contributed by atoms with Crippen LogP contribution >= 0.6 is 0 Å². The molecule has 10 rings (SSSR count). The minimum atomic E-state index is -2.17. The minimum Gasteiger partial charge on any atom is -0.497 e. The zero-order chi connectivity index (χ0) is 106. The lowest BCUT2D eigenvalue weighted by Crippen LogP contribution is -2.21. The summed E-state index contributed by atoms with van der Waals surface area (Å²) in [7, 11) is 5.06. The number of carbonyl (C=O) groups excluding carboxylic acids is 1. The third kappa shape index (κ3) is 187. The molecule has 1 aliphatic heterocycles. The summed E-state index contributed by atoms with van der Waals surface area (Å²) in [6.45, 7) is 95.9. The Morgan fingerprint density at radius 1 is 0.471 bits per heavy atom. The lowest BCUT2D eigenvalue weighted by atomic mass is 9.88. The van der Waals surface area contributed by atoms with Crippen LogP contribution in [0.3, 0.4) is 0 Å². The number of alkyl halides is 3. The molecule has 10 heteroatoms. The summed E-state index contributed by atoms with van der Waals surface area (Å²) in [6, 6.07) is 39.3. The van der Waals surface area contributed by atoms with Crippen molar-refractivity contribution in [3.8, 4) is 17.2 Å². The van der Waals surface area contributed by atoms with Gasteiger partial charge in [0, 0.05) is 34.4 Å². The van der Waals surface area contributed by atoms with E-state index in [0.29, 0.717) is 13.2 Å². The van der Waals surface area contributed by atoms with Crippen molar-refractivity contribution >= 4 is 5.97 Å². The Morgan fingerprint density at radius 3 is 0.978 bits per heavy atom. The van der Waals surface area contributed by atoms with Crippen molar-refractivity contribution in [1.82, 2.24) is 0 Å². The van der Waals surface area contributed by atoms with Crippen molar-refractivity contribution in [2.45, 2.75) is 511 Å². The molecule has 814 valence electrons. The van der Waals surface area contributed by atoms with E-state index in [9.17, 15) is 18.0 Å². The number of aryl methyl sites for hydroxylation is 8. The summed E-state index contributed by atoms with van der Waals surface area (Å²) in [5, 5.41) is 0. The number of halogens is 3. The van der Waals surface area contributed by atoms with E-state index in [2.05, 4.69) is 299 Å². The molecule has 0 aromatic heterocycles. The molecular formula is C126H247F3O7. The van der Waals surface area contributed by atoms with Crippen LogP contribution in [0.25, 0.3) is 0 Å². The predicted molar refractivity (Wildman–Crippen MR) is 623 cm³/mol. The molecule has 7 nitrogen and oxygen atoms in total. The molecule has 4 fully saturated rings. The maximum atomic E-state index is 10.7. The fraction of sp³-hybridized carbons (Fsp3) is 0.722. The van der Waals surface area contributed by atoms with Crippen LogP contribution in [0, 0.1) is 95.8 Å². The molecule has 0 spiro atoms. The number of carbonyl (C=O) groups is 1. The van der Waals surface area contributed by atoms with Gasteiger partial charge in [0.1, 0.15) is 11.4 Å². The number of unbranched alkanes of at least 4 members (excludes halogenated alkanes) is 3. The van der Waals surface area contributed by atoms with Crippen LogP contribution in [0.2, 0.25) is 0 Å². The summed E-state index contributed by atoms with van der Waals surface area (Å²) in [6.07, 6.45) is 41.0. The lowest BCUT2D eigenvalue weighted by molar-refractivity contribution is -0.151. The van der Waals surface area contributed by atoms with E-state index in [-0.39, 0.29) is 40.5 Å². The van der Waals surface area contributed by atoms with E-state index in [0.717, 1.165) is 104 Å². The highest BCUT2D eigenvalue weighted by atomic mass is 19.3. The Kier molecular flexibility index (Phi) is 174. The molecule has 0 unspecified atom stereocenters. The van der Waals surface area contributed by atoms with Gasteiger partial charge in [-0.2, -0.15) is 0 Å². The summed E-state index contributed by atoms with van der Waals surface area (Å²) in [5.41, 5.74) is 10.3. The normalized spacial score (nSPS) is 11.5. The molecule has 136 heavy (non-hydrogen) atoms. The number of allylic oxidation sites excluding steroid dienone is 2. The van der Waals surface area contributed by atoms with Crippen molar-refractivity contribution in [2.24, 2.45) is 47.3 Å². The highest BCUT2D eigenvalue weighted by Gasteiger charge is 2.17. The van der Waals surface area contributed by atoms with Gasteiger partial charge >= 0.3 is 5.97 Å². The number of benzene rings is 5. The van der Waals surface area contributed by atoms with Gasteiger partial charge in [-0.15, -0.1) is 13.2 Å². The van der Waals surface area contributed by atoms with Gasteiger partial charge in [0.05, 0.1) is 13.8 Å². The van der Waals surface area contributed by atoms with Crippen LogP contribution in [-0.2, 0) is 25.4 Å². The molecule has 0 atom stereocenters. The number of ether oxygens (including phenoxy) is 6. The zero-order valence-electron chi connectivity index (χ0n) is 97.6. The third-order valence-electron chi connectivity index (χ3n) is 18.6. The van der Waals surface area contributed by atoms with Crippen LogP contribution in [0.15, 0.2) is 141 Å². The molecule has 5 aromatic carbocycles. The standard InChI is InChI=1S/C9H12.C8H8O2.C8H10O.2C8H10.C7H14.C6H12O2.C6H12.C6H14.2C5H10.3C5H12.C4H10O.2C4H10.C4H8.C3H7F.C3H8O.C3H8.C3H6.C2H4F2.C2H6.3CH4/c1-7-4-5-8(2)9(3)6-7;1-6-2-3-7-8(4-6)10-5-9-7;1-7-3-5-8(9-2)6-4-7;1-7-3-5-8(2)6-4-7;1-2-8-6-4-3-5-7-8;1-2-7-5-3-4-6-7;1-5(7)8-6(2,3)4;1-6-4-2-3-5-6;1-4-5-6(2)3;1-5-3-2-4-5;1-2-5-3-4-5;2*1-4-5(2)3;1-3-5-4-2;1-3-4-5-2;1-4(2)3;2*1-3-4-2;1-2-3-4;1-3-4-2;2*1-3-2;1-2(3)4;1-2;;;/h4-6H,1-3H3;2-4H,5H2,1H3;3-6H,1-2H3;3-6H,1-2H3;3-7H,2H2,1H3;7H,2-6H2,1H3;1-4H3;6H,2-5H2,1H3;6H,4-5H2,1-3H3;2*5H,2-4H2,1H3;2*5H,4H2,1-3H3;3-5H2,1-2H3;3-4H2,1-2H3;4H,1-3H3;3-4H2,1-2H3;3H,1,4H2,2H3;2-3H2,1H3;3H2,1-2H3;3H2,1-2H3;3H,1H2,2H3;2H,1H3;1-2H3;3*1H4. The van der Waals surface area contributed by atoms with Crippen molar-refractivity contribution in [2.75, 3.05) is 48.0 Å². The molecule has 5 aromatic rings. The predicted octanol–water partition coefficient (Wildman–Crippen LogP) is 44.3. The molecule has 0 bridgehead atoms. The number of rotatable bonds is 16. The molecule has 0 amide bonds. The first-order chi connectivity index (χ1) is 62.8. The molecule has 4 saturated carbocycles. The van der Waals surface area contributed by atoms with Gasteiger partial charge in [-0.3, -0.25) is 9.18 Å². The van der Waals surface area contributed by atoms with Crippen LogP contribution in [0.1, 0.15) is 489 Å². The molecule has 1 heterocycles. The second-order valence-electron chi connectivity index (χ2n) is 37.0. The second-order valence-corrected chi connectivity index (χ2v) is 37.0. The average Bonchev–Trinajstić information content (AvgIpc) is 1.72. The summed E-state index contributed by atoms with van der Waals surface area (Å²) in [5.74, 6) is 10.2. The molecule has 5 aliphatic rings. The first kappa shape index (κ1) is 170. The molecule has 0 radical (unpaired) electrons. The number of hydrogen-bond donors (Lipinski definition) is 0. The van der Waals surface area contributed by atoms with Gasteiger partial charge in [-0.05, 0) is 210 Å². The number of hydrogen-bond acceptors (Lipinski definition) is 7. The zero-order valence-corrected chi connectivity index (χ0v) is 97.6. The number of esters is 1. The number of fused-ring (bicyclic) bond motifs is 1. The lowest BCUT2D eigenvalue weighted by Gasteiger charge is -2.18.